The number of nitrogens with one attached hydrogen (secondary N) is 1. The Kier molecular flexibility index (Phi) is 4.45. The molecule has 0 fully saturated rings. The van der Waals surface area contributed by atoms with Crippen LogP contribution in [0.25, 0.3) is 0 Å². The van der Waals surface area contributed by atoms with Crippen molar-refractivity contribution < 1.29 is 0 Å². The molecule has 0 aliphatic carbocycles. The van der Waals surface area contributed by atoms with E-state index in [1.807, 2.05) is 10.9 Å². The van der Waals surface area contributed by atoms with Gasteiger partial charge in [0, 0.05) is 33.8 Å². The van der Waals surface area contributed by atoms with Gasteiger partial charge >= 0.3 is 0 Å². The van der Waals surface area contributed by atoms with Gasteiger partial charge in [-0.15, -0.1) is 0 Å². The first-order valence-electron chi connectivity index (χ1n) is 5.81. The first-order chi connectivity index (χ1) is 8.60. The number of hydrogen-bond donors (Lipinski definition) is 1. The zero-order valence-electron chi connectivity index (χ0n) is 10.4. The van der Waals surface area contributed by atoms with Crippen LogP contribution in [0.15, 0.2) is 33.5 Å². The molecule has 1 N–H and O–H groups in total. The van der Waals surface area contributed by atoms with Crippen molar-refractivity contribution in [1.29, 1.82) is 0 Å². The molecule has 0 amide bonds. The van der Waals surface area contributed by atoms with Crippen LogP contribution in [0.4, 0.5) is 5.69 Å². The lowest BCUT2D eigenvalue weighted by atomic mass is 10.2. The maximum atomic E-state index is 4.26. The van der Waals surface area contributed by atoms with E-state index in [0.717, 1.165) is 27.7 Å². The molecule has 0 spiro atoms. The summed E-state index contributed by atoms with van der Waals surface area (Å²) >= 11 is 7.15. The first-order valence-corrected chi connectivity index (χ1v) is 7.39. The standard InChI is InChI=1S/C13H15Br2N3/c1-3-18-8-10(7-17-18)6-16-13-11(14)4-9(2)5-12(13)15/h4-5,7-8,16H,3,6H2,1-2H3. The van der Waals surface area contributed by atoms with Crippen LogP contribution in [-0.2, 0) is 13.1 Å². The van der Waals surface area contributed by atoms with Gasteiger partial charge in [-0.3, -0.25) is 4.68 Å². The van der Waals surface area contributed by atoms with Gasteiger partial charge in [0.05, 0.1) is 11.9 Å². The van der Waals surface area contributed by atoms with Crippen LogP contribution < -0.4 is 5.32 Å². The minimum Gasteiger partial charge on any atom is -0.379 e. The summed E-state index contributed by atoms with van der Waals surface area (Å²) in [4.78, 5) is 0. The second-order valence-corrected chi connectivity index (χ2v) is 5.87. The van der Waals surface area contributed by atoms with Crippen LogP contribution >= 0.6 is 31.9 Å². The van der Waals surface area contributed by atoms with Gasteiger partial charge in [-0.2, -0.15) is 5.10 Å². The molecule has 0 radical (unpaired) electrons. The third-order valence-corrected chi connectivity index (χ3v) is 3.92. The molecule has 0 bridgehead atoms. The van der Waals surface area contributed by atoms with Crippen molar-refractivity contribution in [1.82, 2.24) is 9.78 Å². The summed E-state index contributed by atoms with van der Waals surface area (Å²) in [6.45, 7) is 5.82. The van der Waals surface area contributed by atoms with Crippen molar-refractivity contribution >= 4 is 37.5 Å². The zero-order chi connectivity index (χ0) is 13.1. The van der Waals surface area contributed by atoms with E-state index in [1.54, 1.807) is 0 Å². The second kappa shape index (κ2) is 5.89. The largest absolute Gasteiger partial charge is 0.379 e. The SMILES string of the molecule is CCn1cc(CNc2c(Br)cc(C)cc2Br)cn1. The van der Waals surface area contributed by atoms with E-state index in [9.17, 15) is 0 Å². The fourth-order valence-electron chi connectivity index (χ4n) is 1.73. The highest BCUT2D eigenvalue weighted by Crippen LogP contribution is 2.32. The van der Waals surface area contributed by atoms with Crippen LogP contribution in [0.5, 0.6) is 0 Å². The number of nitrogens with zero attached hydrogens (tertiary/aromatic N) is 2. The average molecular weight is 373 g/mol. The Labute approximate surface area is 124 Å². The summed E-state index contributed by atoms with van der Waals surface area (Å²) in [6, 6.07) is 4.20. The van der Waals surface area contributed by atoms with Gasteiger partial charge < -0.3 is 5.32 Å². The number of aromatic nitrogens is 2. The van der Waals surface area contributed by atoms with E-state index in [1.165, 1.54) is 11.1 Å². The molecule has 5 heteroatoms. The summed E-state index contributed by atoms with van der Waals surface area (Å²) in [5.74, 6) is 0. The summed E-state index contributed by atoms with van der Waals surface area (Å²) in [5.41, 5.74) is 3.47. The van der Waals surface area contributed by atoms with Crippen molar-refractivity contribution in [3.05, 3.63) is 44.6 Å². The lowest BCUT2D eigenvalue weighted by Gasteiger charge is -2.11. The summed E-state index contributed by atoms with van der Waals surface area (Å²) in [7, 11) is 0. The lowest BCUT2D eigenvalue weighted by molar-refractivity contribution is 0.659. The molecule has 1 aromatic heterocycles. The molecule has 0 saturated heterocycles. The minimum atomic E-state index is 0.764. The monoisotopic (exact) mass is 371 g/mol. The van der Waals surface area contributed by atoms with Gasteiger partial charge in [0.2, 0.25) is 0 Å². The van der Waals surface area contributed by atoms with Gasteiger partial charge in [0.25, 0.3) is 0 Å². The van der Waals surface area contributed by atoms with Gasteiger partial charge in [0.15, 0.2) is 0 Å². The number of rotatable bonds is 4. The van der Waals surface area contributed by atoms with E-state index in [0.29, 0.717) is 0 Å². The van der Waals surface area contributed by atoms with Crippen molar-refractivity contribution in [2.45, 2.75) is 26.9 Å². The molecule has 0 atom stereocenters. The summed E-state index contributed by atoms with van der Waals surface area (Å²) in [5, 5.41) is 7.67. The lowest BCUT2D eigenvalue weighted by Crippen LogP contribution is -2.00. The van der Waals surface area contributed by atoms with Crippen LogP contribution in [0.1, 0.15) is 18.1 Å². The highest BCUT2D eigenvalue weighted by Gasteiger charge is 2.06. The quantitative estimate of drug-likeness (QED) is 0.864. The smallest absolute Gasteiger partial charge is 0.0631 e. The molecule has 0 aliphatic rings. The van der Waals surface area contributed by atoms with Crippen LogP contribution in [0.3, 0.4) is 0 Å². The number of halogens is 2. The summed E-state index contributed by atoms with van der Waals surface area (Å²) < 4.78 is 4.06. The third-order valence-electron chi connectivity index (χ3n) is 2.67. The molecule has 2 aromatic rings. The molecule has 1 aromatic carbocycles. The Balaban J connectivity index is 2.10. The Morgan fingerprint density at radius 1 is 1.28 bits per heavy atom. The first kappa shape index (κ1) is 13.6. The second-order valence-electron chi connectivity index (χ2n) is 4.16. The van der Waals surface area contributed by atoms with Gasteiger partial charge in [0.1, 0.15) is 0 Å². The van der Waals surface area contributed by atoms with Crippen molar-refractivity contribution in [3.63, 3.8) is 0 Å². The number of aryl methyl sites for hydroxylation is 2. The van der Waals surface area contributed by atoms with Gasteiger partial charge in [-0.05, 0) is 63.4 Å². The molecule has 2 rings (SSSR count). The van der Waals surface area contributed by atoms with Crippen LogP contribution in [-0.4, -0.2) is 9.78 Å². The number of benzene rings is 1. The van der Waals surface area contributed by atoms with E-state index in [2.05, 4.69) is 74.5 Å². The Hall–Kier alpha value is -0.810. The number of hydrogen-bond acceptors (Lipinski definition) is 2. The van der Waals surface area contributed by atoms with Crippen molar-refractivity contribution in [2.75, 3.05) is 5.32 Å². The summed E-state index contributed by atoms with van der Waals surface area (Å²) in [6.07, 6.45) is 3.95. The predicted octanol–water partition coefficient (Wildman–Crippen LogP) is 4.35. The van der Waals surface area contributed by atoms with Gasteiger partial charge in [-0.1, -0.05) is 0 Å². The maximum Gasteiger partial charge on any atom is 0.0631 e. The Morgan fingerprint density at radius 2 is 1.94 bits per heavy atom. The molecular weight excluding hydrogens is 358 g/mol. The molecule has 0 saturated carbocycles. The molecule has 18 heavy (non-hydrogen) atoms. The Bertz CT molecular complexity index is 526. The highest BCUT2D eigenvalue weighted by molar-refractivity contribution is 9.11. The zero-order valence-corrected chi connectivity index (χ0v) is 13.5. The predicted molar refractivity (Wildman–Crippen MR) is 81.8 cm³/mol. The number of anilines is 1. The average Bonchev–Trinajstić information content (AvgIpc) is 2.75. The van der Waals surface area contributed by atoms with E-state index >= 15 is 0 Å². The fourth-order valence-corrected chi connectivity index (χ4v) is 3.43. The van der Waals surface area contributed by atoms with E-state index < -0.39 is 0 Å². The third kappa shape index (κ3) is 3.14. The van der Waals surface area contributed by atoms with Crippen molar-refractivity contribution in [3.8, 4) is 0 Å². The normalized spacial score (nSPS) is 10.7. The van der Waals surface area contributed by atoms with Crippen LogP contribution in [0, 0.1) is 6.92 Å². The molecule has 0 unspecified atom stereocenters. The highest BCUT2D eigenvalue weighted by atomic mass is 79.9. The van der Waals surface area contributed by atoms with Crippen LogP contribution in [0.2, 0.25) is 0 Å². The van der Waals surface area contributed by atoms with E-state index in [-0.39, 0.29) is 0 Å². The van der Waals surface area contributed by atoms with Gasteiger partial charge in [-0.25, -0.2) is 0 Å². The molecule has 0 aliphatic heterocycles. The van der Waals surface area contributed by atoms with Crippen molar-refractivity contribution in [2.24, 2.45) is 0 Å². The minimum absolute atomic E-state index is 0.764. The Morgan fingerprint density at radius 3 is 2.50 bits per heavy atom. The molecule has 3 nitrogen and oxygen atoms in total. The molecule has 1 heterocycles. The molecule has 96 valence electrons. The van der Waals surface area contributed by atoms with E-state index in [4.69, 9.17) is 0 Å². The fraction of sp³-hybridized carbons (Fsp3) is 0.308. The maximum absolute atomic E-state index is 4.26. The molecular formula is C13H15Br2N3. The topological polar surface area (TPSA) is 29.9 Å².